The Bertz CT molecular complexity index is 177. The molecule has 0 atom stereocenters. The Morgan fingerprint density at radius 1 is 0.440 bits per heavy atom. The van der Waals surface area contributed by atoms with E-state index in [0.29, 0.717) is 0 Å². The van der Waals surface area contributed by atoms with Gasteiger partial charge in [-0.2, -0.15) is 0 Å². The average Bonchev–Trinajstić information content (AvgIpc) is 2.61. The van der Waals surface area contributed by atoms with Gasteiger partial charge in [-0.05, 0) is 26.9 Å². The maximum Gasteiger partial charge on any atom is 0.0466 e. The Kier molecular flexibility index (Phi) is 31.2. The third-order valence-corrected chi connectivity index (χ3v) is 4.49. The first kappa shape index (κ1) is 27.1. The van der Waals surface area contributed by atoms with Crippen molar-refractivity contribution in [3.8, 4) is 0 Å². The van der Waals surface area contributed by atoms with Gasteiger partial charge in [0.2, 0.25) is 0 Å². The van der Waals surface area contributed by atoms with Gasteiger partial charge in [0.1, 0.15) is 0 Å². The third-order valence-electron chi connectivity index (χ3n) is 4.49. The number of hydrogen-bond donors (Lipinski definition) is 1. The van der Waals surface area contributed by atoms with Crippen LogP contribution in [0.1, 0.15) is 123 Å². The molecule has 154 valence electrons. The van der Waals surface area contributed by atoms with E-state index in [9.17, 15) is 0 Å². The maximum atomic E-state index is 5.50. The third kappa shape index (κ3) is 32.1. The summed E-state index contributed by atoms with van der Waals surface area (Å²) in [5, 5.41) is 2.75. The molecule has 0 saturated carbocycles. The van der Waals surface area contributed by atoms with Gasteiger partial charge in [-0.15, -0.1) is 0 Å². The Morgan fingerprint density at radius 3 is 1.08 bits per heavy atom. The summed E-state index contributed by atoms with van der Waals surface area (Å²) in [6.45, 7) is 6.39. The predicted octanol–water partition coefficient (Wildman–Crippen LogP) is 7.51. The first-order valence-corrected chi connectivity index (χ1v) is 11.5. The summed E-state index contributed by atoms with van der Waals surface area (Å²) < 4.78 is 5.50. The van der Waals surface area contributed by atoms with Gasteiger partial charge in [-0.1, -0.05) is 110 Å². The zero-order valence-electron chi connectivity index (χ0n) is 18.3. The van der Waals surface area contributed by atoms with Gasteiger partial charge in [-0.3, -0.25) is 0 Å². The van der Waals surface area contributed by atoms with E-state index in [1.165, 1.54) is 103 Å². The highest BCUT2D eigenvalue weighted by atomic mass is 16.5. The Labute approximate surface area is 160 Å². The highest BCUT2D eigenvalue weighted by Gasteiger charge is 1.94. The standard InChI is InChI=1S/C21H44O.C2H7N/c1-3-5-6-7-8-9-10-11-12-13-14-15-16-17-18-19-21-22-20-4-2;1-3-2/h3-21H2,1-2H3;3H,1-2H3. The highest BCUT2D eigenvalue weighted by molar-refractivity contribution is 4.49. The zero-order valence-corrected chi connectivity index (χ0v) is 18.3. The van der Waals surface area contributed by atoms with Crippen LogP contribution in [0.15, 0.2) is 0 Å². The van der Waals surface area contributed by atoms with E-state index in [-0.39, 0.29) is 0 Å². The Morgan fingerprint density at radius 2 is 0.760 bits per heavy atom. The van der Waals surface area contributed by atoms with Gasteiger partial charge < -0.3 is 10.1 Å². The summed E-state index contributed by atoms with van der Waals surface area (Å²) in [5.74, 6) is 0. The summed E-state index contributed by atoms with van der Waals surface area (Å²) in [7, 11) is 3.75. The van der Waals surface area contributed by atoms with E-state index in [0.717, 1.165) is 19.6 Å². The van der Waals surface area contributed by atoms with Crippen molar-refractivity contribution in [3.05, 3.63) is 0 Å². The van der Waals surface area contributed by atoms with Gasteiger partial charge >= 0.3 is 0 Å². The second-order valence-electron chi connectivity index (χ2n) is 7.42. The quantitative estimate of drug-likeness (QED) is 0.241. The fraction of sp³-hybridized carbons (Fsp3) is 1.00. The maximum absolute atomic E-state index is 5.50. The van der Waals surface area contributed by atoms with Crippen molar-refractivity contribution in [2.45, 2.75) is 123 Å². The molecule has 0 aromatic rings. The normalized spacial score (nSPS) is 10.6. The van der Waals surface area contributed by atoms with E-state index in [1.807, 2.05) is 14.1 Å². The van der Waals surface area contributed by atoms with Crippen molar-refractivity contribution in [3.63, 3.8) is 0 Å². The molecule has 0 aromatic heterocycles. The Hall–Kier alpha value is -0.0800. The molecule has 1 N–H and O–H groups in total. The topological polar surface area (TPSA) is 21.3 Å². The van der Waals surface area contributed by atoms with Crippen molar-refractivity contribution in [1.29, 1.82) is 0 Å². The highest BCUT2D eigenvalue weighted by Crippen LogP contribution is 2.13. The van der Waals surface area contributed by atoms with E-state index < -0.39 is 0 Å². The second kappa shape index (κ2) is 28.7. The van der Waals surface area contributed by atoms with Gasteiger partial charge in [0.15, 0.2) is 0 Å². The molecular formula is C23H51NO. The zero-order chi connectivity index (χ0) is 18.8. The molecule has 0 heterocycles. The smallest absolute Gasteiger partial charge is 0.0466 e. The summed E-state index contributed by atoms with van der Waals surface area (Å²) in [5.41, 5.74) is 0. The molecule has 0 aromatic carbocycles. The molecule has 2 heteroatoms. The average molecular weight is 358 g/mol. The lowest BCUT2D eigenvalue weighted by molar-refractivity contribution is 0.130. The summed E-state index contributed by atoms with van der Waals surface area (Å²) >= 11 is 0. The molecule has 0 unspecified atom stereocenters. The number of hydrogen-bond acceptors (Lipinski definition) is 2. The molecular weight excluding hydrogens is 306 g/mol. The van der Waals surface area contributed by atoms with E-state index in [4.69, 9.17) is 4.74 Å². The van der Waals surface area contributed by atoms with Gasteiger partial charge in [0.05, 0.1) is 0 Å². The molecule has 0 bridgehead atoms. The molecule has 0 radical (unpaired) electrons. The lowest BCUT2D eigenvalue weighted by Gasteiger charge is -2.04. The van der Waals surface area contributed by atoms with Gasteiger partial charge in [0, 0.05) is 13.2 Å². The van der Waals surface area contributed by atoms with Gasteiger partial charge in [-0.25, -0.2) is 0 Å². The van der Waals surface area contributed by atoms with Crippen molar-refractivity contribution >= 4 is 0 Å². The molecule has 0 rings (SSSR count). The molecule has 25 heavy (non-hydrogen) atoms. The molecule has 2 nitrogen and oxygen atoms in total. The van der Waals surface area contributed by atoms with Crippen LogP contribution in [-0.2, 0) is 4.74 Å². The fourth-order valence-electron chi connectivity index (χ4n) is 3.00. The van der Waals surface area contributed by atoms with E-state index in [2.05, 4.69) is 19.2 Å². The van der Waals surface area contributed by atoms with Crippen molar-refractivity contribution in [2.75, 3.05) is 27.3 Å². The number of rotatable bonds is 19. The molecule has 0 fully saturated rings. The van der Waals surface area contributed by atoms with Crippen LogP contribution in [0.2, 0.25) is 0 Å². The summed E-state index contributed by atoms with van der Waals surface area (Å²) in [6.07, 6.45) is 24.1. The van der Waals surface area contributed by atoms with Crippen LogP contribution in [-0.4, -0.2) is 27.3 Å². The SMILES string of the molecule is CCCCCCCCCCCCCCCCCCOCCC.CNC. The van der Waals surface area contributed by atoms with Crippen LogP contribution >= 0.6 is 0 Å². The lowest BCUT2D eigenvalue weighted by atomic mass is 10.0. The monoisotopic (exact) mass is 357 g/mol. The first-order valence-electron chi connectivity index (χ1n) is 11.5. The molecule has 0 aliphatic rings. The molecule has 0 spiro atoms. The van der Waals surface area contributed by atoms with E-state index >= 15 is 0 Å². The number of nitrogens with one attached hydrogen (secondary N) is 1. The van der Waals surface area contributed by atoms with Crippen molar-refractivity contribution in [1.82, 2.24) is 5.32 Å². The number of ether oxygens (including phenoxy) is 1. The Balaban J connectivity index is 0. The fourth-order valence-corrected chi connectivity index (χ4v) is 3.00. The molecule has 0 saturated heterocycles. The van der Waals surface area contributed by atoms with Crippen LogP contribution in [0, 0.1) is 0 Å². The molecule has 0 aliphatic heterocycles. The minimum Gasteiger partial charge on any atom is -0.381 e. The predicted molar refractivity (Wildman–Crippen MR) is 116 cm³/mol. The lowest BCUT2D eigenvalue weighted by Crippen LogP contribution is -1.95. The molecule has 0 aliphatic carbocycles. The first-order chi connectivity index (χ1) is 12.3. The van der Waals surface area contributed by atoms with Crippen LogP contribution < -0.4 is 5.32 Å². The summed E-state index contributed by atoms with van der Waals surface area (Å²) in [4.78, 5) is 0. The minimum atomic E-state index is 0.943. The van der Waals surface area contributed by atoms with Crippen LogP contribution in [0.4, 0.5) is 0 Å². The van der Waals surface area contributed by atoms with Crippen molar-refractivity contribution in [2.24, 2.45) is 0 Å². The minimum absolute atomic E-state index is 0.943. The summed E-state index contributed by atoms with van der Waals surface area (Å²) in [6, 6.07) is 0. The number of unbranched alkanes of at least 4 members (excludes halogenated alkanes) is 15. The van der Waals surface area contributed by atoms with Crippen molar-refractivity contribution < 1.29 is 4.74 Å². The van der Waals surface area contributed by atoms with Crippen LogP contribution in [0.25, 0.3) is 0 Å². The molecule has 0 amide bonds. The largest absolute Gasteiger partial charge is 0.381 e. The van der Waals surface area contributed by atoms with Gasteiger partial charge in [0.25, 0.3) is 0 Å². The van der Waals surface area contributed by atoms with E-state index in [1.54, 1.807) is 0 Å². The van der Waals surface area contributed by atoms with Crippen LogP contribution in [0.3, 0.4) is 0 Å². The second-order valence-corrected chi connectivity index (χ2v) is 7.42. The van der Waals surface area contributed by atoms with Crippen LogP contribution in [0.5, 0.6) is 0 Å².